The van der Waals surface area contributed by atoms with E-state index >= 15 is 0 Å². The largest absolute Gasteiger partial charge is 0.451 e. The van der Waals surface area contributed by atoms with E-state index in [1.807, 2.05) is 11.6 Å². The van der Waals surface area contributed by atoms with Crippen LogP contribution in [0.3, 0.4) is 0 Å². The highest BCUT2D eigenvalue weighted by molar-refractivity contribution is 5.93. The van der Waals surface area contributed by atoms with E-state index < -0.39 is 0 Å². The van der Waals surface area contributed by atoms with Gasteiger partial charge in [-0.25, -0.2) is 0 Å². The van der Waals surface area contributed by atoms with Gasteiger partial charge in [-0.3, -0.25) is 9.59 Å². The fourth-order valence-corrected chi connectivity index (χ4v) is 3.57. The predicted molar refractivity (Wildman–Crippen MR) is 97.3 cm³/mol. The van der Waals surface area contributed by atoms with Crippen LogP contribution in [0.25, 0.3) is 11.0 Å². The quantitative estimate of drug-likeness (QED) is 0.750. The first kappa shape index (κ1) is 17.4. The number of likely N-dealkylation sites (tertiary alicyclic amines) is 1. The molecule has 1 aliphatic heterocycles. The molecule has 0 bridgehead atoms. The Labute approximate surface area is 155 Å². The molecule has 0 saturated carbocycles. The molecule has 3 aromatic rings. The Morgan fingerprint density at radius 2 is 2.00 bits per heavy atom. The van der Waals surface area contributed by atoms with E-state index in [2.05, 4.69) is 10.2 Å². The monoisotopic (exact) mass is 368 g/mol. The Morgan fingerprint density at radius 3 is 2.70 bits per heavy atom. The van der Waals surface area contributed by atoms with Crippen LogP contribution in [-0.2, 0) is 13.7 Å². The van der Waals surface area contributed by atoms with Gasteiger partial charge >= 0.3 is 0 Å². The maximum atomic E-state index is 12.8. The summed E-state index contributed by atoms with van der Waals surface area (Å²) < 4.78 is 7.47. The second-order valence-electron chi connectivity index (χ2n) is 6.73. The summed E-state index contributed by atoms with van der Waals surface area (Å²) >= 11 is 0. The maximum absolute atomic E-state index is 12.8. The van der Waals surface area contributed by atoms with Crippen LogP contribution in [-0.4, -0.2) is 43.8 Å². The molecule has 140 valence electrons. The number of piperidine rings is 1. The molecule has 8 heteroatoms. The molecule has 0 aliphatic carbocycles. The van der Waals surface area contributed by atoms with Gasteiger partial charge in [-0.2, -0.15) is 0 Å². The lowest BCUT2D eigenvalue weighted by Crippen LogP contribution is -2.38. The summed E-state index contributed by atoms with van der Waals surface area (Å²) in [6, 6.07) is 8.18. The number of nitrogens with zero attached hydrogens (tertiary/aromatic N) is 4. The smallest absolute Gasteiger partial charge is 0.289 e. The molecule has 0 radical (unpaired) electrons. The average molecular weight is 368 g/mol. The molecule has 27 heavy (non-hydrogen) atoms. The molecule has 8 nitrogen and oxygen atoms in total. The first-order chi connectivity index (χ1) is 13.1. The number of para-hydroxylation sites is 1. The second-order valence-corrected chi connectivity index (χ2v) is 6.73. The summed E-state index contributed by atoms with van der Waals surface area (Å²) in [5, 5.41) is 17.9. The van der Waals surface area contributed by atoms with Crippen molar-refractivity contribution in [1.82, 2.24) is 19.7 Å². The van der Waals surface area contributed by atoms with Crippen molar-refractivity contribution in [2.75, 3.05) is 13.1 Å². The fraction of sp³-hybridized carbons (Fsp3) is 0.368. The van der Waals surface area contributed by atoms with Crippen LogP contribution < -0.4 is 5.43 Å². The third-order valence-electron chi connectivity index (χ3n) is 5.13. The van der Waals surface area contributed by atoms with Gasteiger partial charge in [-0.15, -0.1) is 10.2 Å². The SMILES string of the molecule is Cn1c(CO)nnc1C1CCN(C(=O)c2cc(=O)c3ccccc3o2)CC1. The molecule has 2 aromatic heterocycles. The first-order valence-corrected chi connectivity index (χ1v) is 8.89. The molecule has 1 N–H and O–H groups in total. The zero-order valence-corrected chi connectivity index (χ0v) is 15.0. The van der Waals surface area contributed by atoms with Gasteiger partial charge in [0.05, 0.1) is 5.39 Å². The number of hydrogen-bond donors (Lipinski definition) is 1. The molecular formula is C19H20N4O4. The van der Waals surface area contributed by atoms with E-state index in [4.69, 9.17) is 4.42 Å². The molecule has 0 spiro atoms. The van der Waals surface area contributed by atoms with Gasteiger partial charge in [-0.05, 0) is 25.0 Å². The van der Waals surface area contributed by atoms with Crippen molar-refractivity contribution in [3.63, 3.8) is 0 Å². The van der Waals surface area contributed by atoms with Crippen molar-refractivity contribution in [2.24, 2.45) is 7.05 Å². The van der Waals surface area contributed by atoms with Crippen molar-refractivity contribution in [1.29, 1.82) is 0 Å². The lowest BCUT2D eigenvalue weighted by Gasteiger charge is -2.31. The summed E-state index contributed by atoms with van der Waals surface area (Å²) in [5.41, 5.74) is 0.199. The Bertz CT molecular complexity index is 1050. The van der Waals surface area contributed by atoms with Crippen LogP contribution in [0.15, 0.2) is 39.5 Å². The van der Waals surface area contributed by atoms with Gasteiger partial charge in [0.1, 0.15) is 18.0 Å². The molecule has 1 aromatic carbocycles. The zero-order chi connectivity index (χ0) is 19.0. The lowest BCUT2D eigenvalue weighted by atomic mass is 9.95. The van der Waals surface area contributed by atoms with Crippen molar-refractivity contribution in [2.45, 2.75) is 25.4 Å². The number of carbonyl (C=O) groups excluding carboxylic acids is 1. The Balaban J connectivity index is 1.50. The normalized spacial score (nSPS) is 15.4. The minimum absolute atomic E-state index is 0.0679. The van der Waals surface area contributed by atoms with E-state index in [1.165, 1.54) is 6.07 Å². The topological polar surface area (TPSA) is 101 Å². The first-order valence-electron chi connectivity index (χ1n) is 8.89. The van der Waals surface area contributed by atoms with Crippen LogP contribution in [0.5, 0.6) is 0 Å². The Hall–Kier alpha value is -3.00. The van der Waals surface area contributed by atoms with Gasteiger partial charge in [0.25, 0.3) is 5.91 Å². The van der Waals surface area contributed by atoms with E-state index in [1.54, 1.807) is 29.2 Å². The van der Waals surface area contributed by atoms with Gasteiger partial charge in [0, 0.05) is 32.1 Å². The second kappa shape index (κ2) is 6.96. The van der Waals surface area contributed by atoms with E-state index in [-0.39, 0.29) is 29.6 Å². The standard InChI is InChI=1S/C19H20N4O4/c1-22-17(11-24)20-21-18(22)12-6-8-23(9-7-12)19(26)16-10-14(25)13-4-2-3-5-15(13)27-16/h2-5,10,12,24H,6-9,11H2,1H3. The highest BCUT2D eigenvalue weighted by Crippen LogP contribution is 2.27. The van der Waals surface area contributed by atoms with Gasteiger partial charge in [0.15, 0.2) is 17.0 Å². The zero-order valence-electron chi connectivity index (χ0n) is 15.0. The molecule has 1 saturated heterocycles. The summed E-state index contributed by atoms with van der Waals surface area (Å²) in [5.74, 6) is 1.32. The Morgan fingerprint density at radius 1 is 1.26 bits per heavy atom. The summed E-state index contributed by atoms with van der Waals surface area (Å²) in [6.07, 6.45) is 1.47. The summed E-state index contributed by atoms with van der Waals surface area (Å²) in [4.78, 5) is 26.7. The number of carbonyl (C=O) groups is 1. The molecule has 0 atom stereocenters. The molecule has 4 rings (SSSR count). The fourth-order valence-electron chi connectivity index (χ4n) is 3.57. The number of benzene rings is 1. The van der Waals surface area contributed by atoms with Crippen molar-refractivity contribution in [3.8, 4) is 0 Å². The number of hydrogen-bond acceptors (Lipinski definition) is 6. The molecule has 1 aliphatic rings. The minimum atomic E-state index is -0.273. The van der Waals surface area contributed by atoms with Crippen LogP contribution >= 0.6 is 0 Å². The number of aliphatic hydroxyl groups is 1. The van der Waals surface area contributed by atoms with Crippen molar-refractivity contribution < 1.29 is 14.3 Å². The third kappa shape index (κ3) is 3.12. The van der Waals surface area contributed by atoms with Crippen LogP contribution in [0, 0.1) is 0 Å². The lowest BCUT2D eigenvalue weighted by molar-refractivity contribution is 0.0679. The predicted octanol–water partition coefficient (Wildman–Crippen LogP) is 1.43. The van der Waals surface area contributed by atoms with Crippen LogP contribution in [0.2, 0.25) is 0 Å². The average Bonchev–Trinajstić information content (AvgIpc) is 3.08. The minimum Gasteiger partial charge on any atom is -0.451 e. The third-order valence-corrected chi connectivity index (χ3v) is 5.13. The van der Waals surface area contributed by atoms with E-state index in [0.29, 0.717) is 29.9 Å². The highest BCUT2D eigenvalue weighted by Gasteiger charge is 2.29. The molecule has 1 amide bonds. The maximum Gasteiger partial charge on any atom is 0.289 e. The van der Waals surface area contributed by atoms with Gasteiger partial charge < -0.3 is 19.0 Å². The molecule has 1 fully saturated rings. The highest BCUT2D eigenvalue weighted by atomic mass is 16.3. The summed E-state index contributed by atoms with van der Waals surface area (Å²) in [7, 11) is 1.84. The van der Waals surface area contributed by atoms with E-state index in [0.717, 1.165) is 18.7 Å². The number of aliphatic hydroxyl groups excluding tert-OH is 1. The number of aromatic nitrogens is 3. The van der Waals surface area contributed by atoms with E-state index in [9.17, 15) is 14.7 Å². The number of fused-ring (bicyclic) bond motifs is 1. The van der Waals surface area contributed by atoms with Gasteiger partial charge in [0.2, 0.25) is 0 Å². The van der Waals surface area contributed by atoms with Crippen LogP contribution in [0.4, 0.5) is 0 Å². The Kier molecular flexibility index (Phi) is 4.49. The molecular weight excluding hydrogens is 348 g/mol. The van der Waals surface area contributed by atoms with Crippen molar-refractivity contribution >= 4 is 16.9 Å². The van der Waals surface area contributed by atoms with Gasteiger partial charge in [-0.1, -0.05) is 12.1 Å². The van der Waals surface area contributed by atoms with Crippen molar-refractivity contribution in [3.05, 3.63) is 58.0 Å². The molecule has 0 unspecified atom stereocenters. The molecule has 3 heterocycles. The number of rotatable bonds is 3. The summed E-state index contributed by atoms with van der Waals surface area (Å²) in [6.45, 7) is 0.935. The van der Waals surface area contributed by atoms with Crippen LogP contribution in [0.1, 0.15) is 41.0 Å². The number of amides is 1.